The minimum Gasteiger partial charge on any atom is -0.445 e. The van der Waals surface area contributed by atoms with E-state index in [1.54, 1.807) is 13.8 Å². The van der Waals surface area contributed by atoms with E-state index in [0.29, 0.717) is 22.9 Å². The SMILES string of the molecule is CCN(C(=O)OCC(CC)(CC)COC(=O)N(CC)[N+](=O)[O-])[N+](=O)[O-]. The maximum Gasteiger partial charge on any atom is 0.468 e. The highest BCUT2D eigenvalue weighted by atomic mass is 16.7. The Labute approximate surface area is 144 Å². The molecule has 0 N–H and O–H groups in total. The third kappa shape index (κ3) is 6.39. The van der Waals surface area contributed by atoms with Gasteiger partial charge in [-0.05, 0) is 36.7 Å². The molecule has 0 bridgehead atoms. The molecule has 0 rings (SSSR count). The number of rotatable bonds is 10. The van der Waals surface area contributed by atoms with Crippen LogP contribution in [0.15, 0.2) is 0 Å². The average molecular weight is 364 g/mol. The van der Waals surface area contributed by atoms with Gasteiger partial charge in [-0.25, -0.2) is 29.8 Å². The Hall–Kier alpha value is -2.66. The van der Waals surface area contributed by atoms with Crippen molar-refractivity contribution in [3.8, 4) is 0 Å². The molecule has 0 aliphatic heterocycles. The van der Waals surface area contributed by atoms with Gasteiger partial charge in [0, 0.05) is 5.41 Å². The van der Waals surface area contributed by atoms with Gasteiger partial charge in [-0.15, -0.1) is 0 Å². The van der Waals surface area contributed by atoms with E-state index in [0.717, 1.165) is 0 Å². The van der Waals surface area contributed by atoms with Gasteiger partial charge in [-0.2, -0.15) is 0 Å². The molecule has 0 aromatic rings. The molecule has 0 aliphatic carbocycles. The smallest absolute Gasteiger partial charge is 0.445 e. The first-order valence-corrected chi connectivity index (χ1v) is 7.85. The lowest BCUT2D eigenvalue weighted by molar-refractivity contribution is -0.634. The van der Waals surface area contributed by atoms with Crippen LogP contribution >= 0.6 is 0 Å². The zero-order chi connectivity index (χ0) is 19.6. The number of carbonyl (C=O) groups is 2. The number of nitro groups is 2. The Morgan fingerprint density at radius 3 is 1.36 bits per heavy atom. The molecule has 12 nitrogen and oxygen atoms in total. The fourth-order valence-electron chi connectivity index (χ4n) is 1.90. The highest BCUT2D eigenvalue weighted by Crippen LogP contribution is 2.28. The van der Waals surface area contributed by atoms with Gasteiger partial charge in [0.2, 0.25) is 0 Å². The molecule has 0 radical (unpaired) electrons. The van der Waals surface area contributed by atoms with Crippen molar-refractivity contribution in [1.29, 1.82) is 0 Å². The first-order valence-electron chi connectivity index (χ1n) is 7.85. The standard InChI is InChI=1S/C13H24N4O8/c1-5-13(6-2,9-24-11(18)14(7-3)16(20)21)10-25-12(19)15(8-4)17(22)23/h5-10H2,1-4H3. The number of carbonyl (C=O) groups excluding carboxylic acids is 2. The minimum atomic E-state index is -1.12. The predicted molar refractivity (Wildman–Crippen MR) is 84.5 cm³/mol. The second-order valence-electron chi connectivity index (χ2n) is 5.22. The third-order valence-corrected chi connectivity index (χ3v) is 3.92. The van der Waals surface area contributed by atoms with E-state index >= 15 is 0 Å². The first-order chi connectivity index (χ1) is 11.7. The number of hydrazine groups is 2. The highest BCUT2D eigenvalue weighted by molar-refractivity contribution is 5.66. The topological polar surface area (TPSA) is 145 Å². The summed E-state index contributed by atoms with van der Waals surface area (Å²) in [6.45, 7) is 5.61. The number of hydrogen-bond donors (Lipinski definition) is 0. The van der Waals surface area contributed by atoms with Crippen LogP contribution in [0.25, 0.3) is 0 Å². The van der Waals surface area contributed by atoms with E-state index in [4.69, 9.17) is 9.47 Å². The quantitative estimate of drug-likeness (QED) is 0.423. The van der Waals surface area contributed by atoms with E-state index in [9.17, 15) is 29.8 Å². The summed E-state index contributed by atoms with van der Waals surface area (Å²) in [5.41, 5.74) is -0.794. The molecular formula is C13H24N4O8. The van der Waals surface area contributed by atoms with Crippen molar-refractivity contribution >= 4 is 12.2 Å². The van der Waals surface area contributed by atoms with E-state index in [1.807, 2.05) is 0 Å². The van der Waals surface area contributed by atoms with Crippen LogP contribution in [-0.2, 0) is 9.47 Å². The van der Waals surface area contributed by atoms with Crippen molar-refractivity contribution in [3.63, 3.8) is 0 Å². The van der Waals surface area contributed by atoms with Crippen LogP contribution in [-0.4, -0.2) is 58.6 Å². The Bertz CT molecular complexity index is 454. The maximum atomic E-state index is 11.7. The fourth-order valence-corrected chi connectivity index (χ4v) is 1.90. The largest absolute Gasteiger partial charge is 0.468 e. The van der Waals surface area contributed by atoms with Crippen molar-refractivity contribution in [2.24, 2.45) is 5.41 Å². The second-order valence-corrected chi connectivity index (χ2v) is 5.22. The van der Waals surface area contributed by atoms with Crippen molar-refractivity contribution in [3.05, 3.63) is 20.2 Å². The van der Waals surface area contributed by atoms with Crippen molar-refractivity contribution < 1.29 is 29.1 Å². The molecule has 144 valence electrons. The van der Waals surface area contributed by atoms with Crippen LogP contribution in [0.4, 0.5) is 9.59 Å². The lowest BCUT2D eigenvalue weighted by Gasteiger charge is -2.30. The van der Waals surface area contributed by atoms with Gasteiger partial charge in [0.1, 0.15) is 13.2 Å². The summed E-state index contributed by atoms with van der Waals surface area (Å²) in [7, 11) is 0. The summed E-state index contributed by atoms with van der Waals surface area (Å²) in [4.78, 5) is 44.9. The molecule has 0 aliphatic rings. The fraction of sp³-hybridized carbons (Fsp3) is 0.846. The molecule has 0 saturated heterocycles. The average Bonchev–Trinajstić information content (AvgIpc) is 2.56. The molecular weight excluding hydrogens is 340 g/mol. The van der Waals surface area contributed by atoms with Gasteiger partial charge < -0.3 is 9.47 Å². The molecule has 0 unspecified atom stereocenters. The van der Waals surface area contributed by atoms with Crippen LogP contribution in [0.1, 0.15) is 40.5 Å². The minimum absolute atomic E-state index is 0.166. The van der Waals surface area contributed by atoms with Crippen LogP contribution in [0.5, 0.6) is 0 Å². The zero-order valence-corrected chi connectivity index (χ0v) is 14.8. The predicted octanol–water partition coefficient (Wildman–Crippen LogP) is 2.09. The second kappa shape index (κ2) is 10.3. The van der Waals surface area contributed by atoms with Crippen molar-refractivity contribution in [2.45, 2.75) is 40.5 Å². The molecule has 25 heavy (non-hydrogen) atoms. The van der Waals surface area contributed by atoms with E-state index < -0.39 is 27.7 Å². The van der Waals surface area contributed by atoms with Gasteiger partial charge in [-0.1, -0.05) is 13.8 Å². The molecule has 2 amide bonds. The number of amides is 2. The van der Waals surface area contributed by atoms with Crippen LogP contribution in [0.2, 0.25) is 0 Å². The molecule has 0 saturated carbocycles. The van der Waals surface area contributed by atoms with Crippen LogP contribution in [0, 0.1) is 25.6 Å². The summed E-state index contributed by atoms with van der Waals surface area (Å²) in [6, 6.07) is 0. The maximum absolute atomic E-state index is 11.7. The molecule has 0 aromatic heterocycles. The molecule has 0 aromatic carbocycles. The molecule has 12 heteroatoms. The summed E-state index contributed by atoms with van der Waals surface area (Å²) >= 11 is 0. The van der Waals surface area contributed by atoms with Gasteiger partial charge in [0.25, 0.3) is 0 Å². The number of hydrogen-bond acceptors (Lipinski definition) is 8. The van der Waals surface area contributed by atoms with Gasteiger partial charge in [0.05, 0.1) is 13.1 Å². The lowest BCUT2D eigenvalue weighted by atomic mass is 9.84. The molecule has 0 fully saturated rings. The van der Waals surface area contributed by atoms with Gasteiger partial charge >= 0.3 is 12.2 Å². The Morgan fingerprint density at radius 2 is 1.16 bits per heavy atom. The van der Waals surface area contributed by atoms with E-state index in [2.05, 4.69) is 0 Å². The first kappa shape index (κ1) is 22.3. The number of nitrogens with zero attached hydrogens (tertiary/aromatic N) is 4. The molecule has 0 spiro atoms. The van der Waals surface area contributed by atoms with Crippen LogP contribution in [0.3, 0.4) is 0 Å². The number of ether oxygens (including phenoxy) is 2. The van der Waals surface area contributed by atoms with Crippen molar-refractivity contribution in [2.75, 3.05) is 26.3 Å². The molecule has 0 heterocycles. The summed E-state index contributed by atoms with van der Waals surface area (Å²) in [6.07, 6.45) is -1.38. The Kier molecular flexibility index (Phi) is 9.16. The third-order valence-electron chi connectivity index (χ3n) is 3.92. The highest BCUT2D eigenvalue weighted by Gasteiger charge is 2.34. The summed E-state index contributed by atoms with van der Waals surface area (Å²) in [5.74, 6) is 0. The van der Waals surface area contributed by atoms with E-state index in [1.165, 1.54) is 13.8 Å². The summed E-state index contributed by atoms with van der Waals surface area (Å²) in [5, 5.41) is 20.3. The van der Waals surface area contributed by atoms with Gasteiger partial charge in [0.15, 0.2) is 10.1 Å². The monoisotopic (exact) mass is 364 g/mol. The summed E-state index contributed by atoms with van der Waals surface area (Å²) < 4.78 is 9.95. The lowest BCUT2D eigenvalue weighted by Crippen LogP contribution is -2.42. The van der Waals surface area contributed by atoms with Gasteiger partial charge in [-0.3, -0.25) is 0 Å². The van der Waals surface area contributed by atoms with E-state index in [-0.39, 0.29) is 26.3 Å². The Morgan fingerprint density at radius 1 is 0.840 bits per heavy atom. The normalized spacial score (nSPS) is 10.7. The van der Waals surface area contributed by atoms with Crippen LogP contribution < -0.4 is 0 Å². The van der Waals surface area contributed by atoms with Crippen molar-refractivity contribution in [1.82, 2.24) is 10.0 Å². The molecule has 0 atom stereocenters. The zero-order valence-electron chi connectivity index (χ0n) is 14.8. The Balaban J connectivity index is 4.90.